The first-order chi connectivity index (χ1) is 13.7. The SMILES string of the molecule is O=C(OC1C2CC(C3CCCC32)C1OC(=O)C1CCCCC1)C1CCCCC1. The van der Waals surface area contributed by atoms with E-state index in [-0.39, 0.29) is 36.0 Å². The van der Waals surface area contributed by atoms with Gasteiger partial charge < -0.3 is 9.47 Å². The number of carbonyl (C=O) groups excluding carboxylic acids is 2. The van der Waals surface area contributed by atoms with Gasteiger partial charge in [0, 0.05) is 11.8 Å². The molecule has 0 N–H and O–H groups in total. The van der Waals surface area contributed by atoms with Crippen molar-refractivity contribution in [2.24, 2.45) is 35.5 Å². The average molecular weight is 389 g/mol. The van der Waals surface area contributed by atoms with Gasteiger partial charge in [0.1, 0.15) is 12.2 Å². The van der Waals surface area contributed by atoms with Gasteiger partial charge in [-0.3, -0.25) is 9.59 Å². The normalized spacial score (nSPS) is 41.0. The Morgan fingerprint density at radius 1 is 0.500 bits per heavy atom. The quantitative estimate of drug-likeness (QED) is 0.633. The average Bonchev–Trinajstić information content (AvgIpc) is 3.43. The van der Waals surface area contributed by atoms with Crippen molar-refractivity contribution in [3.63, 3.8) is 0 Å². The van der Waals surface area contributed by atoms with Crippen LogP contribution >= 0.6 is 0 Å². The van der Waals surface area contributed by atoms with Gasteiger partial charge in [0.25, 0.3) is 0 Å². The van der Waals surface area contributed by atoms with Crippen LogP contribution in [0.2, 0.25) is 0 Å². The third-order valence-electron chi connectivity index (χ3n) is 8.82. The van der Waals surface area contributed by atoms with Crippen molar-refractivity contribution in [3.8, 4) is 0 Å². The standard InChI is InChI=1S/C24H36O4/c25-23(15-8-3-1-4-9-15)27-21-19-14-20(18-13-7-12-17(18)19)22(21)28-24(26)16-10-5-2-6-11-16/h15-22H,1-14H2. The number of hydrogen-bond donors (Lipinski definition) is 0. The Hall–Kier alpha value is -1.06. The zero-order valence-corrected chi connectivity index (χ0v) is 17.2. The molecule has 2 bridgehead atoms. The molecule has 156 valence electrons. The maximum atomic E-state index is 12.9. The van der Waals surface area contributed by atoms with Crippen LogP contribution in [0, 0.1) is 35.5 Å². The van der Waals surface area contributed by atoms with Crippen LogP contribution < -0.4 is 0 Å². The van der Waals surface area contributed by atoms with Crippen molar-refractivity contribution in [3.05, 3.63) is 0 Å². The van der Waals surface area contributed by atoms with Crippen molar-refractivity contribution in [1.29, 1.82) is 0 Å². The van der Waals surface area contributed by atoms with Gasteiger partial charge in [-0.25, -0.2) is 0 Å². The highest BCUT2D eigenvalue weighted by atomic mass is 16.6. The second-order valence-corrected chi connectivity index (χ2v) is 10.3. The van der Waals surface area contributed by atoms with Gasteiger partial charge in [-0.15, -0.1) is 0 Å². The minimum Gasteiger partial charge on any atom is -0.458 e. The van der Waals surface area contributed by atoms with E-state index < -0.39 is 0 Å². The van der Waals surface area contributed by atoms with Crippen molar-refractivity contribution in [2.75, 3.05) is 0 Å². The summed E-state index contributed by atoms with van der Waals surface area (Å²) in [6.45, 7) is 0. The van der Waals surface area contributed by atoms with E-state index >= 15 is 0 Å². The van der Waals surface area contributed by atoms with Crippen LogP contribution in [0.1, 0.15) is 89.9 Å². The van der Waals surface area contributed by atoms with Gasteiger partial charge in [0.15, 0.2) is 0 Å². The number of esters is 2. The number of hydrogen-bond acceptors (Lipinski definition) is 4. The van der Waals surface area contributed by atoms with E-state index in [4.69, 9.17) is 9.47 Å². The number of ether oxygens (including phenoxy) is 2. The van der Waals surface area contributed by atoms with Crippen LogP contribution in [0.25, 0.3) is 0 Å². The molecule has 6 unspecified atom stereocenters. The zero-order valence-electron chi connectivity index (χ0n) is 17.2. The van der Waals surface area contributed by atoms with E-state index in [2.05, 4.69) is 0 Å². The molecule has 4 nitrogen and oxygen atoms in total. The molecule has 0 heterocycles. The molecule has 6 atom stereocenters. The third-order valence-corrected chi connectivity index (χ3v) is 8.82. The van der Waals surface area contributed by atoms with E-state index in [1.165, 1.54) is 32.1 Å². The van der Waals surface area contributed by atoms with Gasteiger partial charge in [0.05, 0.1) is 11.8 Å². The summed E-state index contributed by atoms with van der Waals surface area (Å²) in [4.78, 5) is 25.8. The Bertz CT molecular complexity index is 539. The summed E-state index contributed by atoms with van der Waals surface area (Å²) in [5.74, 6) is 2.36. The summed E-state index contributed by atoms with van der Waals surface area (Å²) in [5.41, 5.74) is 0. The molecule has 4 heteroatoms. The Morgan fingerprint density at radius 3 is 1.36 bits per heavy atom. The zero-order chi connectivity index (χ0) is 19.1. The molecule has 0 aromatic heterocycles. The molecule has 5 saturated carbocycles. The van der Waals surface area contributed by atoms with Crippen LogP contribution in [0.3, 0.4) is 0 Å². The van der Waals surface area contributed by atoms with Crippen LogP contribution in [0.15, 0.2) is 0 Å². The van der Waals surface area contributed by atoms with E-state index in [9.17, 15) is 9.59 Å². The molecular weight excluding hydrogens is 352 g/mol. The molecule has 5 aliphatic carbocycles. The van der Waals surface area contributed by atoms with E-state index in [1.54, 1.807) is 0 Å². The first-order valence-corrected chi connectivity index (χ1v) is 12.1. The summed E-state index contributed by atoms with van der Waals surface area (Å²) in [7, 11) is 0. The Morgan fingerprint density at radius 2 is 0.929 bits per heavy atom. The largest absolute Gasteiger partial charge is 0.458 e. The first-order valence-electron chi connectivity index (χ1n) is 12.1. The number of carbonyl (C=O) groups is 2. The predicted molar refractivity (Wildman–Crippen MR) is 105 cm³/mol. The van der Waals surface area contributed by atoms with E-state index in [0.717, 1.165) is 57.8 Å². The minimum absolute atomic E-state index is 0.00878. The highest BCUT2D eigenvalue weighted by molar-refractivity contribution is 5.74. The summed E-state index contributed by atoms with van der Waals surface area (Å²) in [5, 5.41) is 0. The summed E-state index contributed by atoms with van der Waals surface area (Å²) in [6, 6.07) is 0. The molecule has 0 amide bonds. The van der Waals surface area contributed by atoms with Crippen LogP contribution in [-0.4, -0.2) is 24.1 Å². The maximum Gasteiger partial charge on any atom is 0.309 e. The monoisotopic (exact) mass is 388 g/mol. The second-order valence-electron chi connectivity index (χ2n) is 10.3. The summed E-state index contributed by atoms with van der Waals surface area (Å²) in [6.07, 6.45) is 15.5. The molecule has 0 aliphatic heterocycles. The molecule has 0 aromatic rings. The van der Waals surface area contributed by atoms with Crippen LogP contribution in [0.4, 0.5) is 0 Å². The number of rotatable bonds is 4. The maximum absolute atomic E-state index is 12.9. The van der Waals surface area contributed by atoms with Gasteiger partial charge in [-0.05, 0) is 56.8 Å². The summed E-state index contributed by atoms with van der Waals surface area (Å²) >= 11 is 0. The highest BCUT2D eigenvalue weighted by Crippen LogP contribution is 2.60. The lowest BCUT2D eigenvalue weighted by molar-refractivity contribution is -0.183. The predicted octanol–water partition coefficient (Wildman–Crippen LogP) is 5.04. The van der Waals surface area contributed by atoms with Crippen molar-refractivity contribution < 1.29 is 19.1 Å². The molecule has 5 fully saturated rings. The fraction of sp³-hybridized carbons (Fsp3) is 0.917. The van der Waals surface area contributed by atoms with E-state index in [1.807, 2.05) is 0 Å². The Kier molecular flexibility index (Phi) is 5.40. The van der Waals surface area contributed by atoms with Crippen LogP contribution in [0.5, 0.6) is 0 Å². The van der Waals surface area contributed by atoms with Crippen molar-refractivity contribution in [2.45, 2.75) is 102 Å². The topological polar surface area (TPSA) is 52.6 Å². The molecule has 0 saturated heterocycles. The molecule has 5 rings (SSSR count). The van der Waals surface area contributed by atoms with Gasteiger partial charge >= 0.3 is 11.9 Å². The lowest BCUT2D eigenvalue weighted by atomic mass is 9.78. The molecule has 0 radical (unpaired) electrons. The highest BCUT2D eigenvalue weighted by Gasteiger charge is 2.62. The Labute approximate surface area is 169 Å². The fourth-order valence-electron chi connectivity index (χ4n) is 7.43. The molecule has 28 heavy (non-hydrogen) atoms. The first kappa shape index (κ1) is 18.9. The third kappa shape index (κ3) is 3.39. The minimum atomic E-state index is -0.175. The van der Waals surface area contributed by atoms with Crippen molar-refractivity contribution >= 4 is 11.9 Å². The van der Waals surface area contributed by atoms with Gasteiger partial charge in [-0.1, -0.05) is 44.9 Å². The summed E-state index contributed by atoms with van der Waals surface area (Å²) < 4.78 is 12.4. The molecule has 0 spiro atoms. The van der Waals surface area contributed by atoms with Gasteiger partial charge in [-0.2, -0.15) is 0 Å². The second kappa shape index (κ2) is 7.99. The van der Waals surface area contributed by atoms with Gasteiger partial charge in [0.2, 0.25) is 0 Å². The van der Waals surface area contributed by atoms with Crippen molar-refractivity contribution in [1.82, 2.24) is 0 Å². The molecule has 5 aliphatic rings. The molecular formula is C24H36O4. The smallest absolute Gasteiger partial charge is 0.309 e. The Balaban J connectivity index is 1.29. The lowest BCUT2D eigenvalue weighted by Gasteiger charge is -2.38. The number of fused-ring (bicyclic) bond motifs is 5. The van der Waals surface area contributed by atoms with E-state index in [0.29, 0.717) is 23.7 Å². The molecule has 0 aromatic carbocycles. The lowest BCUT2D eigenvalue weighted by Crippen LogP contribution is -2.46. The van der Waals surface area contributed by atoms with Crippen LogP contribution in [-0.2, 0) is 19.1 Å². The fourth-order valence-corrected chi connectivity index (χ4v) is 7.43.